The summed E-state index contributed by atoms with van der Waals surface area (Å²) in [7, 11) is 1.53. The fourth-order valence-corrected chi connectivity index (χ4v) is 2.73. The maximum Gasteiger partial charge on any atom is 0.280 e. The minimum Gasteiger partial charge on any atom is -0.494 e. The number of benzene rings is 2. The van der Waals surface area contributed by atoms with Crippen LogP contribution in [0.25, 0.3) is 23.0 Å². The van der Waals surface area contributed by atoms with Crippen molar-refractivity contribution in [3.63, 3.8) is 0 Å². The summed E-state index contributed by atoms with van der Waals surface area (Å²) >= 11 is 0. The molecule has 4 rings (SSSR count). The number of nitrogens with zero attached hydrogens (tertiary/aromatic N) is 3. The summed E-state index contributed by atoms with van der Waals surface area (Å²) in [5.41, 5.74) is 1.47. The number of carbonyl (C=O) groups excluding carboxylic acids is 1. The maximum atomic E-state index is 13.8. The van der Waals surface area contributed by atoms with E-state index in [9.17, 15) is 9.18 Å². The molecular formula is C21H15FN4O3. The van der Waals surface area contributed by atoms with Gasteiger partial charge in [0.2, 0.25) is 5.82 Å². The summed E-state index contributed by atoms with van der Waals surface area (Å²) in [4.78, 5) is 20.9. The van der Waals surface area contributed by atoms with Gasteiger partial charge in [-0.15, -0.1) is 0 Å². The van der Waals surface area contributed by atoms with Crippen LogP contribution in [-0.4, -0.2) is 28.1 Å². The monoisotopic (exact) mass is 390 g/mol. The number of nitrogens with one attached hydrogen (secondary N) is 1. The highest BCUT2D eigenvalue weighted by Gasteiger charge is 2.17. The molecule has 0 saturated heterocycles. The van der Waals surface area contributed by atoms with Gasteiger partial charge in [0.25, 0.3) is 11.8 Å². The third-order valence-corrected chi connectivity index (χ3v) is 4.12. The third-order valence-electron chi connectivity index (χ3n) is 4.12. The molecule has 0 aliphatic carbocycles. The van der Waals surface area contributed by atoms with E-state index in [0.717, 1.165) is 0 Å². The third kappa shape index (κ3) is 3.81. The van der Waals surface area contributed by atoms with Crippen molar-refractivity contribution < 1.29 is 18.4 Å². The van der Waals surface area contributed by atoms with Gasteiger partial charge in [-0.1, -0.05) is 29.4 Å². The summed E-state index contributed by atoms with van der Waals surface area (Å²) in [6.45, 7) is 0. The minimum atomic E-state index is -0.590. The molecule has 0 radical (unpaired) electrons. The SMILES string of the molecule is COc1cccnc1-c1nc(-c2cccc(NC(=O)c3ccccc3F)c2)no1. The van der Waals surface area contributed by atoms with Crippen LogP contribution in [0.4, 0.5) is 10.1 Å². The summed E-state index contributed by atoms with van der Waals surface area (Å²) in [6, 6.07) is 16.1. The Labute approximate surface area is 165 Å². The zero-order valence-electron chi connectivity index (χ0n) is 15.3. The Morgan fingerprint density at radius 3 is 2.79 bits per heavy atom. The highest BCUT2D eigenvalue weighted by Crippen LogP contribution is 2.28. The number of rotatable bonds is 5. The first-order valence-electron chi connectivity index (χ1n) is 8.65. The molecule has 1 amide bonds. The molecule has 0 spiro atoms. The Bertz CT molecular complexity index is 1180. The number of anilines is 1. The molecule has 144 valence electrons. The highest BCUT2D eigenvalue weighted by atomic mass is 19.1. The molecule has 7 nitrogen and oxygen atoms in total. The van der Waals surface area contributed by atoms with Gasteiger partial charge in [0.1, 0.15) is 11.6 Å². The largest absolute Gasteiger partial charge is 0.494 e. The highest BCUT2D eigenvalue weighted by molar-refractivity contribution is 6.04. The molecule has 0 unspecified atom stereocenters. The number of hydrogen-bond donors (Lipinski definition) is 1. The van der Waals surface area contributed by atoms with E-state index in [2.05, 4.69) is 20.4 Å². The van der Waals surface area contributed by atoms with Crippen molar-refractivity contribution >= 4 is 11.6 Å². The summed E-state index contributed by atoms with van der Waals surface area (Å²) in [5.74, 6) is -0.109. The molecule has 1 N–H and O–H groups in total. The molecule has 29 heavy (non-hydrogen) atoms. The average Bonchev–Trinajstić information content (AvgIpc) is 3.24. The Balaban J connectivity index is 1.59. The van der Waals surface area contributed by atoms with E-state index in [4.69, 9.17) is 9.26 Å². The van der Waals surface area contributed by atoms with Crippen LogP contribution in [-0.2, 0) is 0 Å². The zero-order chi connectivity index (χ0) is 20.2. The number of carbonyl (C=O) groups is 1. The molecule has 0 atom stereocenters. The van der Waals surface area contributed by atoms with Crippen LogP contribution in [0.15, 0.2) is 71.4 Å². The lowest BCUT2D eigenvalue weighted by Gasteiger charge is -2.07. The van der Waals surface area contributed by atoms with E-state index in [0.29, 0.717) is 28.5 Å². The zero-order valence-corrected chi connectivity index (χ0v) is 15.3. The Hall–Kier alpha value is -4.07. The van der Waals surface area contributed by atoms with Crippen molar-refractivity contribution in [3.05, 3.63) is 78.2 Å². The Kier molecular flexibility index (Phi) is 4.98. The minimum absolute atomic E-state index is 0.0398. The van der Waals surface area contributed by atoms with Crippen molar-refractivity contribution in [1.82, 2.24) is 15.1 Å². The van der Waals surface area contributed by atoms with Gasteiger partial charge in [-0.3, -0.25) is 4.79 Å². The van der Waals surface area contributed by atoms with Crippen LogP contribution in [0.1, 0.15) is 10.4 Å². The van der Waals surface area contributed by atoms with Gasteiger partial charge in [-0.05, 0) is 36.4 Å². The van der Waals surface area contributed by atoms with Gasteiger partial charge < -0.3 is 14.6 Å². The fraction of sp³-hybridized carbons (Fsp3) is 0.0476. The molecule has 4 aromatic rings. The van der Waals surface area contributed by atoms with Crippen LogP contribution in [0, 0.1) is 5.82 Å². The van der Waals surface area contributed by atoms with E-state index < -0.39 is 11.7 Å². The lowest BCUT2D eigenvalue weighted by atomic mass is 10.1. The standard InChI is InChI=1S/C21H15FN4O3/c1-28-17-10-5-11-23-18(17)21-25-19(26-29-21)13-6-4-7-14(12-13)24-20(27)15-8-2-3-9-16(15)22/h2-12H,1H3,(H,24,27). The topological polar surface area (TPSA) is 90.1 Å². The van der Waals surface area contributed by atoms with E-state index in [1.165, 1.54) is 25.3 Å². The molecule has 2 aromatic heterocycles. The summed E-state index contributed by atoms with van der Waals surface area (Å²) in [6.07, 6.45) is 1.60. The number of hydrogen-bond acceptors (Lipinski definition) is 6. The van der Waals surface area contributed by atoms with Crippen LogP contribution >= 0.6 is 0 Å². The lowest BCUT2D eigenvalue weighted by molar-refractivity contribution is 0.102. The van der Waals surface area contributed by atoms with Crippen molar-refractivity contribution in [3.8, 4) is 28.7 Å². The van der Waals surface area contributed by atoms with Gasteiger partial charge in [-0.25, -0.2) is 9.37 Å². The predicted octanol–water partition coefficient (Wildman–Crippen LogP) is 4.20. The average molecular weight is 390 g/mol. The van der Waals surface area contributed by atoms with Crippen LogP contribution in [0.2, 0.25) is 0 Å². The normalized spacial score (nSPS) is 10.6. The number of pyridine rings is 1. The molecule has 8 heteroatoms. The summed E-state index contributed by atoms with van der Waals surface area (Å²) < 4.78 is 24.4. The molecular weight excluding hydrogens is 375 g/mol. The molecule has 0 aliphatic heterocycles. The predicted molar refractivity (Wildman–Crippen MR) is 104 cm³/mol. The molecule has 0 fully saturated rings. The van der Waals surface area contributed by atoms with Crippen LogP contribution in [0.3, 0.4) is 0 Å². The molecule has 2 heterocycles. The van der Waals surface area contributed by atoms with Crippen molar-refractivity contribution in [2.45, 2.75) is 0 Å². The molecule has 0 bridgehead atoms. The van der Waals surface area contributed by atoms with Gasteiger partial charge in [-0.2, -0.15) is 4.98 Å². The first-order chi connectivity index (χ1) is 14.2. The second-order valence-electron chi connectivity index (χ2n) is 5.99. The molecule has 0 saturated carbocycles. The quantitative estimate of drug-likeness (QED) is 0.549. The van der Waals surface area contributed by atoms with E-state index >= 15 is 0 Å². The van der Waals surface area contributed by atoms with Gasteiger partial charge >= 0.3 is 0 Å². The van der Waals surface area contributed by atoms with E-state index in [-0.39, 0.29) is 11.5 Å². The van der Waals surface area contributed by atoms with Crippen molar-refractivity contribution in [2.24, 2.45) is 0 Å². The van der Waals surface area contributed by atoms with E-state index in [1.54, 1.807) is 48.7 Å². The van der Waals surface area contributed by atoms with Crippen molar-refractivity contribution in [1.29, 1.82) is 0 Å². The second kappa shape index (κ2) is 7.89. The smallest absolute Gasteiger partial charge is 0.280 e. The summed E-state index contributed by atoms with van der Waals surface area (Å²) in [5, 5.41) is 6.64. The number of ether oxygens (including phenoxy) is 1. The number of methoxy groups -OCH3 is 1. The number of aromatic nitrogens is 3. The first kappa shape index (κ1) is 18.3. The van der Waals surface area contributed by atoms with Crippen molar-refractivity contribution in [2.75, 3.05) is 12.4 Å². The fourth-order valence-electron chi connectivity index (χ4n) is 2.73. The number of amides is 1. The molecule has 0 aliphatic rings. The number of halogens is 1. The Morgan fingerprint density at radius 2 is 1.97 bits per heavy atom. The van der Waals surface area contributed by atoms with Gasteiger partial charge in [0, 0.05) is 17.4 Å². The van der Waals surface area contributed by atoms with Crippen LogP contribution < -0.4 is 10.1 Å². The Morgan fingerprint density at radius 1 is 1.10 bits per heavy atom. The van der Waals surface area contributed by atoms with Gasteiger partial charge in [0.15, 0.2) is 5.69 Å². The maximum absolute atomic E-state index is 13.8. The lowest BCUT2D eigenvalue weighted by Crippen LogP contribution is -2.13. The van der Waals surface area contributed by atoms with Crippen LogP contribution in [0.5, 0.6) is 5.75 Å². The van der Waals surface area contributed by atoms with Gasteiger partial charge in [0.05, 0.1) is 12.7 Å². The molecule has 2 aromatic carbocycles. The second-order valence-corrected chi connectivity index (χ2v) is 5.99. The first-order valence-corrected chi connectivity index (χ1v) is 8.65. The van der Waals surface area contributed by atoms with E-state index in [1.807, 2.05) is 0 Å².